The molecule has 8 nitrogen and oxygen atoms in total. The smallest absolute Gasteiger partial charge is 0.239 e. The molecule has 1 aromatic carbocycles. The summed E-state index contributed by atoms with van der Waals surface area (Å²) in [7, 11) is 3.32. The zero-order valence-electron chi connectivity index (χ0n) is 17.5. The summed E-state index contributed by atoms with van der Waals surface area (Å²) in [6.45, 7) is 4.60. The van der Waals surface area contributed by atoms with Crippen molar-refractivity contribution in [3.05, 3.63) is 29.8 Å². The average Bonchev–Trinajstić information content (AvgIpc) is 2.77. The average molecular weight is 407 g/mol. The Bertz CT molecular complexity index is 616. The van der Waals surface area contributed by atoms with Gasteiger partial charge in [-0.25, -0.2) is 0 Å². The minimum Gasteiger partial charge on any atom is -0.497 e. The summed E-state index contributed by atoms with van der Waals surface area (Å²) < 4.78 is 16.2. The molecular weight excluding hydrogens is 372 g/mol. The third-order valence-electron chi connectivity index (χ3n) is 4.74. The van der Waals surface area contributed by atoms with E-state index in [0.29, 0.717) is 25.0 Å². The third kappa shape index (κ3) is 9.62. The minimum atomic E-state index is -0.0939. The monoisotopic (exact) mass is 406 g/mol. The van der Waals surface area contributed by atoms with Gasteiger partial charge in [0.15, 0.2) is 5.96 Å². The Hall–Kier alpha value is -2.32. The van der Waals surface area contributed by atoms with Gasteiger partial charge in [0.1, 0.15) is 5.75 Å². The maximum Gasteiger partial charge on any atom is 0.239 e. The molecule has 0 bridgehead atoms. The SMILES string of the molecule is CN=C(NCCCOCC1CCOCC1)NCC(=O)NCc1ccc(OC)cc1. The summed E-state index contributed by atoms with van der Waals surface area (Å²) in [5.74, 6) is 1.94. The number of carbonyl (C=O) groups is 1. The molecule has 0 unspecified atom stereocenters. The Morgan fingerprint density at radius 3 is 2.62 bits per heavy atom. The predicted molar refractivity (Wildman–Crippen MR) is 113 cm³/mol. The van der Waals surface area contributed by atoms with E-state index in [2.05, 4.69) is 20.9 Å². The molecule has 8 heteroatoms. The van der Waals surface area contributed by atoms with Crippen LogP contribution in [0.2, 0.25) is 0 Å². The molecule has 1 fully saturated rings. The van der Waals surface area contributed by atoms with Crippen LogP contribution in [0.15, 0.2) is 29.3 Å². The molecule has 0 atom stereocenters. The van der Waals surface area contributed by atoms with Crippen molar-refractivity contribution in [2.24, 2.45) is 10.9 Å². The fourth-order valence-electron chi connectivity index (χ4n) is 2.94. The molecule has 0 aliphatic carbocycles. The number of carbonyl (C=O) groups excluding carboxylic acids is 1. The van der Waals surface area contributed by atoms with Gasteiger partial charge in [0, 0.05) is 46.6 Å². The standard InChI is InChI=1S/C21H34N4O4/c1-22-21(23-10-3-11-29-16-18-8-12-28-13-9-18)25-15-20(26)24-14-17-4-6-19(27-2)7-5-17/h4-7,18H,3,8-16H2,1-2H3,(H,24,26)(H2,22,23,25). The Morgan fingerprint density at radius 1 is 1.17 bits per heavy atom. The Morgan fingerprint density at radius 2 is 1.93 bits per heavy atom. The van der Waals surface area contributed by atoms with Crippen LogP contribution in [0.3, 0.4) is 0 Å². The maximum atomic E-state index is 12.0. The Kier molecular flexibility index (Phi) is 10.9. The first-order chi connectivity index (χ1) is 14.2. The molecule has 1 aliphatic heterocycles. The second kappa shape index (κ2) is 13.8. The summed E-state index contributed by atoms with van der Waals surface area (Å²) in [5, 5.41) is 9.09. The largest absolute Gasteiger partial charge is 0.497 e. The van der Waals surface area contributed by atoms with Gasteiger partial charge in [-0.3, -0.25) is 9.79 Å². The molecule has 0 aromatic heterocycles. The fourth-order valence-corrected chi connectivity index (χ4v) is 2.94. The van der Waals surface area contributed by atoms with Gasteiger partial charge in [-0.2, -0.15) is 0 Å². The molecule has 1 amide bonds. The van der Waals surface area contributed by atoms with Crippen LogP contribution in [0.1, 0.15) is 24.8 Å². The summed E-state index contributed by atoms with van der Waals surface area (Å²) >= 11 is 0. The number of hydrogen-bond acceptors (Lipinski definition) is 5. The summed E-state index contributed by atoms with van der Waals surface area (Å²) in [6, 6.07) is 7.60. The van der Waals surface area contributed by atoms with Gasteiger partial charge in [-0.1, -0.05) is 12.1 Å². The zero-order valence-corrected chi connectivity index (χ0v) is 17.5. The molecule has 29 heavy (non-hydrogen) atoms. The van der Waals surface area contributed by atoms with Gasteiger partial charge in [-0.05, 0) is 42.9 Å². The van der Waals surface area contributed by atoms with Crippen molar-refractivity contribution < 1.29 is 19.0 Å². The van der Waals surface area contributed by atoms with Crippen molar-refractivity contribution in [2.75, 3.05) is 53.7 Å². The summed E-state index contributed by atoms with van der Waals surface area (Å²) in [6.07, 6.45) is 3.07. The Balaban J connectivity index is 1.51. The lowest BCUT2D eigenvalue weighted by Gasteiger charge is -2.21. The van der Waals surface area contributed by atoms with E-state index in [1.54, 1.807) is 14.2 Å². The topological polar surface area (TPSA) is 93.2 Å². The molecular formula is C21H34N4O4. The number of ether oxygens (including phenoxy) is 3. The molecule has 1 saturated heterocycles. The number of aliphatic imine (C=N–C) groups is 1. The van der Waals surface area contributed by atoms with E-state index in [1.165, 1.54) is 0 Å². The maximum absolute atomic E-state index is 12.0. The number of nitrogens with one attached hydrogen (secondary N) is 3. The second-order valence-electron chi connectivity index (χ2n) is 6.96. The molecule has 0 spiro atoms. The van der Waals surface area contributed by atoms with Crippen molar-refractivity contribution in [3.63, 3.8) is 0 Å². The van der Waals surface area contributed by atoms with E-state index in [1.807, 2.05) is 24.3 Å². The molecule has 3 N–H and O–H groups in total. The van der Waals surface area contributed by atoms with Gasteiger partial charge < -0.3 is 30.2 Å². The van der Waals surface area contributed by atoms with E-state index in [-0.39, 0.29) is 12.5 Å². The quantitative estimate of drug-likeness (QED) is 0.292. The van der Waals surface area contributed by atoms with E-state index in [4.69, 9.17) is 14.2 Å². The third-order valence-corrected chi connectivity index (χ3v) is 4.74. The molecule has 162 valence electrons. The van der Waals surface area contributed by atoms with Gasteiger partial charge in [-0.15, -0.1) is 0 Å². The number of hydrogen-bond donors (Lipinski definition) is 3. The van der Waals surface area contributed by atoms with Gasteiger partial charge in [0.2, 0.25) is 5.91 Å². The minimum absolute atomic E-state index is 0.0939. The number of benzene rings is 1. The number of nitrogens with zero attached hydrogens (tertiary/aromatic N) is 1. The van der Waals surface area contributed by atoms with Crippen LogP contribution in [-0.4, -0.2) is 65.5 Å². The lowest BCUT2D eigenvalue weighted by atomic mass is 10.0. The van der Waals surface area contributed by atoms with Crippen LogP contribution < -0.4 is 20.7 Å². The zero-order chi connectivity index (χ0) is 20.7. The van der Waals surface area contributed by atoms with Crippen LogP contribution >= 0.6 is 0 Å². The predicted octanol–water partition coefficient (Wildman–Crippen LogP) is 1.31. The highest BCUT2D eigenvalue weighted by Gasteiger charge is 2.13. The van der Waals surface area contributed by atoms with Crippen molar-refractivity contribution in [2.45, 2.75) is 25.8 Å². The van der Waals surface area contributed by atoms with Gasteiger partial charge >= 0.3 is 0 Å². The van der Waals surface area contributed by atoms with Crippen LogP contribution in [0.5, 0.6) is 5.75 Å². The normalized spacial score (nSPS) is 15.0. The van der Waals surface area contributed by atoms with Crippen molar-refractivity contribution in [1.82, 2.24) is 16.0 Å². The number of rotatable bonds is 11. The Labute approximate surface area is 173 Å². The first kappa shape index (κ1) is 23.0. The van der Waals surface area contributed by atoms with E-state index in [0.717, 1.165) is 56.9 Å². The fraction of sp³-hybridized carbons (Fsp3) is 0.619. The summed E-state index contributed by atoms with van der Waals surface area (Å²) in [5.41, 5.74) is 1.02. The molecule has 1 heterocycles. The first-order valence-corrected chi connectivity index (χ1v) is 10.2. The van der Waals surface area contributed by atoms with Gasteiger partial charge in [0.25, 0.3) is 0 Å². The lowest BCUT2D eigenvalue weighted by Crippen LogP contribution is -2.43. The molecule has 1 aromatic rings. The van der Waals surface area contributed by atoms with Crippen LogP contribution in [0.25, 0.3) is 0 Å². The highest BCUT2D eigenvalue weighted by atomic mass is 16.5. The number of methoxy groups -OCH3 is 1. The van der Waals surface area contributed by atoms with Gasteiger partial charge in [0.05, 0.1) is 13.7 Å². The molecule has 2 rings (SSSR count). The van der Waals surface area contributed by atoms with Crippen LogP contribution in [0, 0.1) is 5.92 Å². The van der Waals surface area contributed by atoms with Crippen LogP contribution in [0.4, 0.5) is 0 Å². The van der Waals surface area contributed by atoms with Crippen LogP contribution in [-0.2, 0) is 20.8 Å². The van der Waals surface area contributed by atoms with E-state index < -0.39 is 0 Å². The molecule has 0 radical (unpaired) electrons. The second-order valence-corrected chi connectivity index (χ2v) is 6.96. The molecule has 0 saturated carbocycles. The highest BCUT2D eigenvalue weighted by Crippen LogP contribution is 2.14. The number of guanidine groups is 1. The number of amides is 1. The van der Waals surface area contributed by atoms with E-state index in [9.17, 15) is 4.79 Å². The first-order valence-electron chi connectivity index (χ1n) is 10.2. The van der Waals surface area contributed by atoms with Crippen molar-refractivity contribution in [1.29, 1.82) is 0 Å². The summed E-state index contributed by atoms with van der Waals surface area (Å²) in [4.78, 5) is 16.1. The highest BCUT2D eigenvalue weighted by molar-refractivity contribution is 5.86. The van der Waals surface area contributed by atoms with E-state index >= 15 is 0 Å². The van der Waals surface area contributed by atoms with Crippen molar-refractivity contribution in [3.8, 4) is 5.75 Å². The van der Waals surface area contributed by atoms with Crippen molar-refractivity contribution >= 4 is 11.9 Å². The lowest BCUT2D eigenvalue weighted by molar-refractivity contribution is -0.120. The molecule has 1 aliphatic rings.